The van der Waals surface area contributed by atoms with Crippen molar-refractivity contribution in [3.05, 3.63) is 29.7 Å². The minimum absolute atomic E-state index is 0.225. The van der Waals surface area contributed by atoms with Crippen LogP contribution in [0.1, 0.15) is 20.8 Å². The summed E-state index contributed by atoms with van der Waals surface area (Å²) in [4.78, 5) is 23.7. The van der Waals surface area contributed by atoms with Crippen molar-refractivity contribution >= 4 is 31.9 Å². The first kappa shape index (κ1) is 12.7. The highest BCUT2D eigenvalue weighted by atomic mass is 79.9. The molecule has 1 aromatic heterocycles. The van der Waals surface area contributed by atoms with Crippen LogP contribution in [0.2, 0.25) is 0 Å². The van der Waals surface area contributed by atoms with Crippen LogP contribution in [0.25, 0.3) is 0 Å². The summed E-state index contributed by atoms with van der Waals surface area (Å²) < 4.78 is 3.26. The van der Waals surface area contributed by atoms with E-state index in [-0.39, 0.29) is 20.1 Å². The van der Waals surface area contributed by atoms with Crippen molar-refractivity contribution in [2.24, 2.45) is 7.05 Å². The molecule has 0 radical (unpaired) electrons. The van der Waals surface area contributed by atoms with E-state index in [1.54, 1.807) is 7.05 Å². The van der Waals surface area contributed by atoms with Gasteiger partial charge in [-0.15, -0.1) is 0 Å². The van der Waals surface area contributed by atoms with Crippen molar-refractivity contribution in [3.63, 3.8) is 0 Å². The van der Waals surface area contributed by atoms with E-state index >= 15 is 0 Å². The van der Waals surface area contributed by atoms with Gasteiger partial charge in [-0.1, -0.05) is 0 Å². The molecule has 0 N–H and O–H groups in total. The van der Waals surface area contributed by atoms with E-state index in [0.717, 1.165) is 0 Å². The van der Waals surface area contributed by atoms with Crippen molar-refractivity contribution in [2.45, 2.75) is 26.3 Å². The first-order valence-electron chi connectivity index (χ1n) is 4.35. The van der Waals surface area contributed by atoms with Crippen LogP contribution in [-0.2, 0) is 12.6 Å². The predicted molar refractivity (Wildman–Crippen MR) is 66.3 cm³/mol. The minimum atomic E-state index is -0.436. The molecule has 1 rings (SSSR count). The summed E-state index contributed by atoms with van der Waals surface area (Å²) in [5.74, 6) is 0. The number of hydrogen-bond acceptors (Lipinski definition) is 2. The van der Waals surface area contributed by atoms with Gasteiger partial charge in [0.25, 0.3) is 11.1 Å². The highest BCUT2D eigenvalue weighted by Gasteiger charge is 2.22. The monoisotopic (exact) mass is 338 g/mol. The maximum Gasteiger partial charge on any atom is 0.281 e. The number of nitrogens with zero attached hydrogens (tertiary/aromatic N) is 2. The molecule has 0 bridgehead atoms. The fourth-order valence-electron chi connectivity index (χ4n) is 1.40. The van der Waals surface area contributed by atoms with Crippen LogP contribution < -0.4 is 11.1 Å². The summed E-state index contributed by atoms with van der Waals surface area (Å²) in [6.07, 6.45) is 0. The Morgan fingerprint density at radius 1 is 1.00 bits per heavy atom. The minimum Gasteiger partial charge on any atom is -0.267 e. The zero-order valence-electron chi connectivity index (χ0n) is 8.97. The largest absolute Gasteiger partial charge is 0.281 e. The lowest BCUT2D eigenvalue weighted by Gasteiger charge is -2.25. The fourth-order valence-corrected chi connectivity index (χ4v) is 2.17. The molecule has 0 saturated carbocycles. The summed E-state index contributed by atoms with van der Waals surface area (Å²) in [6, 6.07) is 0. The predicted octanol–water partition coefficient (Wildman–Crippen LogP) is 1.83. The molecule has 0 saturated heterocycles. The number of rotatable bonds is 0. The van der Waals surface area contributed by atoms with E-state index in [1.165, 1.54) is 9.36 Å². The molecule has 0 atom stereocenters. The SMILES string of the molecule is Cn1c(=O)c(Br)c(Br)c(=O)n1C(C)(C)C. The van der Waals surface area contributed by atoms with Crippen molar-refractivity contribution in [1.29, 1.82) is 0 Å². The van der Waals surface area contributed by atoms with E-state index in [0.29, 0.717) is 0 Å². The van der Waals surface area contributed by atoms with Crippen LogP contribution in [0.15, 0.2) is 18.5 Å². The average Bonchev–Trinajstić information content (AvgIpc) is 2.09. The van der Waals surface area contributed by atoms with Gasteiger partial charge in [-0.2, -0.15) is 0 Å². The van der Waals surface area contributed by atoms with Gasteiger partial charge in [-0.3, -0.25) is 9.59 Å². The van der Waals surface area contributed by atoms with Crippen LogP contribution in [0, 0.1) is 0 Å². The molecular weight excluding hydrogens is 328 g/mol. The molecule has 6 heteroatoms. The molecule has 0 aliphatic carbocycles. The molecular formula is C9H12Br2N2O2. The maximum atomic E-state index is 11.9. The summed E-state index contributed by atoms with van der Waals surface area (Å²) in [5.41, 5.74) is -0.901. The molecule has 0 spiro atoms. The van der Waals surface area contributed by atoms with E-state index in [4.69, 9.17) is 0 Å². The third kappa shape index (κ3) is 2.10. The van der Waals surface area contributed by atoms with Gasteiger partial charge in [0.05, 0.1) is 5.54 Å². The highest BCUT2D eigenvalue weighted by Crippen LogP contribution is 2.16. The number of aromatic nitrogens is 2. The first-order chi connectivity index (χ1) is 6.68. The van der Waals surface area contributed by atoms with Crippen LogP contribution >= 0.6 is 31.9 Å². The van der Waals surface area contributed by atoms with Crippen LogP contribution in [-0.4, -0.2) is 9.36 Å². The van der Waals surface area contributed by atoms with Crippen LogP contribution in [0.5, 0.6) is 0 Å². The molecule has 0 unspecified atom stereocenters. The lowest BCUT2D eigenvalue weighted by atomic mass is 10.1. The number of halogens is 2. The van der Waals surface area contributed by atoms with Crippen molar-refractivity contribution < 1.29 is 0 Å². The molecule has 0 amide bonds. The first-order valence-corrected chi connectivity index (χ1v) is 5.94. The molecule has 1 heterocycles. The molecule has 4 nitrogen and oxygen atoms in total. The Morgan fingerprint density at radius 2 is 1.40 bits per heavy atom. The third-order valence-electron chi connectivity index (χ3n) is 1.99. The average molecular weight is 340 g/mol. The lowest BCUT2D eigenvalue weighted by Crippen LogP contribution is -2.45. The van der Waals surface area contributed by atoms with Crippen LogP contribution in [0.4, 0.5) is 0 Å². The van der Waals surface area contributed by atoms with Crippen molar-refractivity contribution in [1.82, 2.24) is 9.36 Å². The summed E-state index contributed by atoms with van der Waals surface area (Å²) in [7, 11) is 1.58. The smallest absolute Gasteiger partial charge is 0.267 e. The zero-order valence-corrected chi connectivity index (χ0v) is 12.1. The second-order valence-corrected chi connectivity index (χ2v) is 5.83. The van der Waals surface area contributed by atoms with E-state index < -0.39 is 5.54 Å². The van der Waals surface area contributed by atoms with Gasteiger partial charge in [-0.05, 0) is 52.6 Å². The summed E-state index contributed by atoms with van der Waals surface area (Å²) in [6.45, 7) is 5.61. The molecule has 84 valence electrons. The maximum absolute atomic E-state index is 11.9. The van der Waals surface area contributed by atoms with E-state index in [2.05, 4.69) is 31.9 Å². The third-order valence-corrected chi connectivity index (χ3v) is 3.99. The topological polar surface area (TPSA) is 44.0 Å². The molecule has 15 heavy (non-hydrogen) atoms. The number of hydrogen-bond donors (Lipinski definition) is 0. The second kappa shape index (κ2) is 3.90. The van der Waals surface area contributed by atoms with E-state index in [1.807, 2.05) is 20.8 Å². The van der Waals surface area contributed by atoms with Gasteiger partial charge in [-0.25, -0.2) is 9.36 Å². The molecule has 0 aliphatic heterocycles. The van der Waals surface area contributed by atoms with Gasteiger partial charge in [0.1, 0.15) is 8.95 Å². The Morgan fingerprint density at radius 3 is 1.80 bits per heavy atom. The lowest BCUT2D eigenvalue weighted by molar-refractivity contribution is 0.285. The Bertz CT molecular complexity index is 509. The Balaban J connectivity index is 3.85. The van der Waals surface area contributed by atoms with Crippen LogP contribution in [0.3, 0.4) is 0 Å². The normalized spacial score (nSPS) is 11.9. The molecule has 1 aromatic rings. The Hall–Kier alpha value is -0.360. The standard InChI is InChI=1S/C9H12Br2N2O2/c1-9(2,3)13-8(15)6(11)5(10)7(14)12(13)4/h1-4H3. The molecule has 0 aliphatic rings. The van der Waals surface area contributed by atoms with Crippen molar-refractivity contribution in [2.75, 3.05) is 0 Å². The van der Waals surface area contributed by atoms with Gasteiger partial charge in [0.15, 0.2) is 0 Å². The Labute approximate surface area is 104 Å². The quantitative estimate of drug-likeness (QED) is 0.723. The second-order valence-electron chi connectivity index (χ2n) is 4.24. The zero-order chi connectivity index (χ0) is 12.0. The van der Waals surface area contributed by atoms with Gasteiger partial charge in [0, 0.05) is 7.05 Å². The molecule has 0 aromatic carbocycles. The summed E-state index contributed by atoms with van der Waals surface area (Å²) in [5, 5.41) is 0. The summed E-state index contributed by atoms with van der Waals surface area (Å²) >= 11 is 6.20. The fraction of sp³-hybridized carbons (Fsp3) is 0.556. The van der Waals surface area contributed by atoms with E-state index in [9.17, 15) is 9.59 Å². The van der Waals surface area contributed by atoms with Gasteiger partial charge >= 0.3 is 0 Å². The highest BCUT2D eigenvalue weighted by molar-refractivity contribution is 9.13. The molecule has 0 fully saturated rings. The van der Waals surface area contributed by atoms with Gasteiger partial charge < -0.3 is 0 Å². The Kier molecular flexibility index (Phi) is 3.30. The van der Waals surface area contributed by atoms with Gasteiger partial charge in [0.2, 0.25) is 0 Å². The van der Waals surface area contributed by atoms with Crippen molar-refractivity contribution in [3.8, 4) is 0 Å².